The Morgan fingerprint density at radius 2 is 1.82 bits per heavy atom. The summed E-state index contributed by atoms with van der Waals surface area (Å²) >= 11 is 0. The lowest BCUT2D eigenvalue weighted by Gasteiger charge is -2.29. The number of nitrogens with zero attached hydrogens (tertiary/aromatic N) is 4. The summed E-state index contributed by atoms with van der Waals surface area (Å²) < 4.78 is 32.5. The molecule has 0 bridgehead atoms. The van der Waals surface area contributed by atoms with Gasteiger partial charge in [-0.15, -0.1) is 0 Å². The zero-order valence-corrected chi connectivity index (χ0v) is 21.0. The predicted molar refractivity (Wildman–Crippen MR) is 133 cm³/mol. The molecule has 0 radical (unpaired) electrons. The lowest BCUT2D eigenvalue weighted by atomic mass is 9.99. The van der Waals surface area contributed by atoms with Crippen LogP contribution >= 0.6 is 0 Å². The highest BCUT2D eigenvalue weighted by Crippen LogP contribution is 2.38. The molecule has 5 rings (SSSR count). The summed E-state index contributed by atoms with van der Waals surface area (Å²) in [6.45, 7) is 5.36. The van der Waals surface area contributed by atoms with E-state index in [4.69, 9.17) is 0 Å². The van der Waals surface area contributed by atoms with Crippen molar-refractivity contribution in [3.05, 3.63) is 40.7 Å². The largest absolute Gasteiger partial charge is 0.334 e. The molecule has 1 aliphatic heterocycles. The van der Waals surface area contributed by atoms with E-state index in [0.29, 0.717) is 18.7 Å². The zero-order valence-electron chi connectivity index (χ0n) is 20.2. The van der Waals surface area contributed by atoms with Crippen LogP contribution in [0.25, 0.3) is 0 Å². The summed E-state index contributed by atoms with van der Waals surface area (Å²) in [6.07, 6.45) is 9.97. The molecule has 0 spiro atoms. The molecule has 2 N–H and O–H groups in total. The van der Waals surface area contributed by atoms with Gasteiger partial charge in [0.25, 0.3) is 0 Å². The highest BCUT2D eigenvalue weighted by molar-refractivity contribution is 7.91. The number of likely N-dealkylation sites (tertiary alicyclic amines) is 1. The minimum atomic E-state index is -4.15. The molecule has 1 fully saturated rings. The van der Waals surface area contributed by atoms with Crippen molar-refractivity contribution < 1.29 is 13.2 Å². The standard InChI is InChI=1S/C24H34N6O3S/c1-16(2)29-15-20(13-25-29)30(19-10-11-28(3)14-19)34(32,33)27-24(31)26-23-21-8-4-6-17(21)12-18-7-5-9-22(18)23/h12-13,15-16,19H,4-11,14H2,1-3H3,(H2,26,27,31). The van der Waals surface area contributed by atoms with E-state index in [1.165, 1.54) is 26.6 Å². The molecule has 1 saturated heterocycles. The van der Waals surface area contributed by atoms with Crippen LogP contribution < -0.4 is 14.3 Å². The molecule has 2 amide bonds. The second-order valence-corrected chi connectivity index (χ2v) is 11.6. The van der Waals surface area contributed by atoms with E-state index in [-0.39, 0.29) is 12.1 Å². The Morgan fingerprint density at radius 1 is 1.15 bits per heavy atom. The summed E-state index contributed by atoms with van der Waals surface area (Å²) in [7, 11) is -2.18. The fourth-order valence-corrected chi connectivity index (χ4v) is 6.97. The van der Waals surface area contributed by atoms with Gasteiger partial charge in [0.05, 0.1) is 17.9 Å². The second-order valence-electron chi connectivity index (χ2n) is 10.1. The molecule has 184 valence electrons. The molecule has 2 aliphatic carbocycles. The molecule has 34 heavy (non-hydrogen) atoms. The number of hydrogen-bond acceptors (Lipinski definition) is 5. The normalized spacial score (nSPS) is 19.9. The van der Waals surface area contributed by atoms with E-state index < -0.39 is 16.2 Å². The molecule has 1 aromatic carbocycles. The topological polar surface area (TPSA) is 99.6 Å². The van der Waals surface area contributed by atoms with Crippen LogP contribution in [0, 0.1) is 0 Å². The van der Waals surface area contributed by atoms with E-state index in [2.05, 4.69) is 26.1 Å². The number of urea groups is 1. The number of amides is 2. The molecule has 3 aliphatic rings. The first kappa shape index (κ1) is 23.2. The number of hydrogen-bond donors (Lipinski definition) is 2. The van der Waals surface area contributed by atoms with Crippen molar-refractivity contribution in [3.63, 3.8) is 0 Å². The maximum atomic E-state index is 13.6. The smallest absolute Gasteiger partial charge is 0.307 e. The third-order valence-electron chi connectivity index (χ3n) is 7.26. The van der Waals surface area contributed by atoms with Crippen molar-refractivity contribution in [2.45, 2.75) is 70.9 Å². The summed E-state index contributed by atoms with van der Waals surface area (Å²) in [5.74, 6) is 0. The van der Waals surface area contributed by atoms with Gasteiger partial charge in [-0.2, -0.15) is 13.5 Å². The Labute approximate surface area is 201 Å². The number of carbonyl (C=O) groups excluding carboxylic acids is 1. The van der Waals surface area contributed by atoms with Gasteiger partial charge in [0.2, 0.25) is 0 Å². The van der Waals surface area contributed by atoms with Crippen LogP contribution in [0.5, 0.6) is 0 Å². The lowest BCUT2D eigenvalue weighted by molar-refractivity contribution is 0.256. The second kappa shape index (κ2) is 8.88. The Bertz CT molecular complexity index is 1170. The molecular formula is C24H34N6O3S. The van der Waals surface area contributed by atoms with Crippen LogP contribution in [-0.2, 0) is 35.9 Å². The molecule has 9 nitrogen and oxygen atoms in total. The van der Waals surface area contributed by atoms with Crippen molar-refractivity contribution >= 4 is 27.6 Å². The van der Waals surface area contributed by atoms with E-state index in [1.54, 1.807) is 17.1 Å². The molecule has 10 heteroatoms. The van der Waals surface area contributed by atoms with Gasteiger partial charge >= 0.3 is 16.2 Å². The molecule has 2 aromatic rings. The number of likely N-dealkylation sites (N-methyl/N-ethyl adjacent to an activating group) is 1. The first-order valence-corrected chi connectivity index (χ1v) is 13.7. The van der Waals surface area contributed by atoms with Crippen molar-refractivity contribution in [1.82, 2.24) is 19.4 Å². The number of rotatable bonds is 6. The van der Waals surface area contributed by atoms with Crippen LogP contribution in [0.1, 0.15) is 61.4 Å². The van der Waals surface area contributed by atoms with E-state index >= 15 is 0 Å². The lowest BCUT2D eigenvalue weighted by Crippen LogP contribution is -2.50. The highest BCUT2D eigenvalue weighted by Gasteiger charge is 2.36. The van der Waals surface area contributed by atoms with Crippen LogP contribution in [0.2, 0.25) is 0 Å². The SMILES string of the molecule is CC(C)n1cc(N(C2CCN(C)C2)S(=O)(=O)NC(=O)Nc2c3c(cc4c2CCC4)CCC3)cn1. The highest BCUT2D eigenvalue weighted by atomic mass is 32.2. The number of aryl methyl sites for hydroxylation is 2. The fourth-order valence-electron chi connectivity index (χ4n) is 5.65. The van der Waals surface area contributed by atoms with Gasteiger partial charge in [-0.25, -0.2) is 13.8 Å². The first-order valence-electron chi connectivity index (χ1n) is 12.3. The van der Waals surface area contributed by atoms with Crippen LogP contribution in [0.4, 0.5) is 16.2 Å². The first-order chi connectivity index (χ1) is 16.2. The minimum Gasteiger partial charge on any atom is -0.307 e. The van der Waals surface area contributed by atoms with E-state index in [1.807, 2.05) is 20.9 Å². The minimum absolute atomic E-state index is 0.100. The Hall–Kier alpha value is -2.59. The summed E-state index contributed by atoms with van der Waals surface area (Å²) in [6, 6.07) is 1.41. The van der Waals surface area contributed by atoms with Gasteiger partial charge in [-0.1, -0.05) is 6.07 Å². The monoisotopic (exact) mass is 486 g/mol. The zero-order chi connectivity index (χ0) is 24.0. The Morgan fingerprint density at radius 3 is 2.38 bits per heavy atom. The Kier molecular flexibility index (Phi) is 6.05. The molecule has 1 aromatic heterocycles. The molecule has 0 saturated carbocycles. The van der Waals surface area contributed by atoms with Crippen LogP contribution in [0.15, 0.2) is 18.5 Å². The van der Waals surface area contributed by atoms with Gasteiger partial charge in [0, 0.05) is 24.5 Å². The van der Waals surface area contributed by atoms with Crippen molar-refractivity contribution in [2.24, 2.45) is 0 Å². The van der Waals surface area contributed by atoms with Crippen molar-refractivity contribution in [2.75, 3.05) is 29.8 Å². The average molecular weight is 487 g/mol. The molecule has 2 heterocycles. The quantitative estimate of drug-likeness (QED) is 0.654. The number of fused-ring (bicyclic) bond motifs is 2. The van der Waals surface area contributed by atoms with Gasteiger partial charge in [0.15, 0.2) is 0 Å². The molecular weight excluding hydrogens is 452 g/mol. The molecule has 1 atom stereocenters. The van der Waals surface area contributed by atoms with Gasteiger partial charge < -0.3 is 10.2 Å². The van der Waals surface area contributed by atoms with Gasteiger partial charge in [-0.05, 0) is 94.6 Å². The van der Waals surface area contributed by atoms with Crippen LogP contribution in [0.3, 0.4) is 0 Å². The molecule has 1 unspecified atom stereocenters. The van der Waals surface area contributed by atoms with Gasteiger partial charge in [-0.3, -0.25) is 4.68 Å². The number of anilines is 2. The predicted octanol–water partition coefficient (Wildman–Crippen LogP) is 3.02. The number of carbonyl (C=O) groups is 1. The number of benzene rings is 1. The average Bonchev–Trinajstić information content (AvgIpc) is 3.54. The van der Waals surface area contributed by atoms with Crippen LogP contribution in [-0.4, -0.2) is 55.3 Å². The maximum Gasteiger partial charge on any atom is 0.334 e. The third-order valence-corrected chi connectivity index (χ3v) is 8.73. The third kappa shape index (κ3) is 4.29. The summed E-state index contributed by atoms with van der Waals surface area (Å²) in [4.78, 5) is 15.2. The van der Waals surface area contributed by atoms with Crippen molar-refractivity contribution in [3.8, 4) is 0 Å². The maximum absolute atomic E-state index is 13.6. The Balaban J connectivity index is 1.41. The number of nitrogens with one attached hydrogen (secondary N) is 2. The van der Waals surface area contributed by atoms with E-state index in [9.17, 15) is 13.2 Å². The van der Waals surface area contributed by atoms with E-state index in [0.717, 1.165) is 50.8 Å². The summed E-state index contributed by atoms with van der Waals surface area (Å²) in [5.41, 5.74) is 6.21. The number of aromatic nitrogens is 2. The summed E-state index contributed by atoms with van der Waals surface area (Å²) in [5, 5.41) is 7.28. The van der Waals surface area contributed by atoms with Gasteiger partial charge in [0.1, 0.15) is 0 Å². The van der Waals surface area contributed by atoms with Crippen molar-refractivity contribution in [1.29, 1.82) is 0 Å². The fraction of sp³-hybridized carbons (Fsp3) is 0.583.